The zero-order valence-corrected chi connectivity index (χ0v) is 20.7. The first-order chi connectivity index (χ1) is 15.3. The molecule has 1 aliphatic heterocycles. The van der Waals surface area contributed by atoms with Gasteiger partial charge in [0.15, 0.2) is 5.60 Å². The second-order valence-electron chi connectivity index (χ2n) is 8.72. The number of ether oxygens (including phenoxy) is 1. The van der Waals surface area contributed by atoms with Gasteiger partial charge in [-0.15, -0.1) is 23.5 Å². The number of carboxylic acid groups (broad SMARTS) is 1. The number of alkyl halides is 3. The van der Waals surface area contributed by atoms with Crippen LogP contribution in [0, 0.1) is 12.8 Å². The number of carbonyl (C=O) groups is 1. The van der Waals surface area contributed by atoms with Crippen molar-refractivity contribution in [3.05, 3.63) is 65.2 Å². The lowest BCUT2D eigenvalue weighted by atomic mass is 10.0. The molecule has 33 heavy (non-hydrogen) atoms. The molecule has 0 aliphatic carbocycles. The molecule has 8 heteroatoms. The molecule has 0 bridgehead atoms. The third-order valence-electron chi connectivity index (χ3n) is 5.50. The van der Waals surface area contributed by atoms with Crippen molar-refractivity contribution in [3.63, 3.8) is 0 Å². The molecule has 2 aromatic carbocycles. The Balaban J connectivity index is 1.66. The van der Waals surface area contributed by atoms with Crippen LogP contribution >= 0.6 is 23.5 Å². The van der Waals surface area contributed by atoms with E-state index in [1.54, 1.807) is 29.6 Å². The van der Waals surface area contributed by atoms with Crippen molar-refractivity contribution in [3.8, 4) is 5.75 Å². The summed E-state index contributed by atoms with van der Waals surface area (Å²) < 4.78 is 44.2. The normalized spacial score (nSPS) is 19.8. The average Bonchev–Trinajstić information content (AvgIpc) is 3.11. The van der Waals surface area contributed by atoms with Gasteiger partial charge in [0, 0.05) is 20.3 Å². The van der Waals surface area contributed by atoms with Crippen LogP contribution in [0.1, 0.15) is 44.4 Å². The van der Waals surface area contributed by atoms with E-state index >= 15 is 0 Å². The van der Waals surface area contributed by atoms with Gasteiger partial charge in [0.05, 0.1) is 5.56 Å². The number of benzene rings is 2. The van der Waals surface area contributed by atoms with Crippen molar-refractivity contribution >= 4 is 34.4 Å². The third-order valence-corrected chi connectivity index (χ3v) is 8.60. The summed E-state index contributed by atoms with van der Waals surface area (Å²) in [6.45, 7) is 9.19. The second-order valence-corrected chi connectivity index (χ2v) is 11.4. The van der Waals surface area contributed by atoms with Gasteiger partial charge < -0.3 is 9.84 Å². The molecule has 3 rings (SSSR count). The summed E-state index contributed by atoms with van der Waals surface area (Å²) in [5.74, 6) is -0.221. The van der Waals surface area contributed by atoms with Gasteiger partial charge in [-0.05, 0) is 68.1 Å². The Morgan fingerprint density at radius 1 is 1.15 bits per heavy atom. The molecule has 0 radical (unpaired) electrons. The maximum atomic E-state index is 12.8. The maximum absolute atomic E-state index is 12.8. The zero-order valence-electron chi connectivity index (χ0n) is 19.1. The van der Waals surface area contributed by atoms with Crippen LogP contribution in [-0.2, 0) is 11.0 Å². The number of thioether (sulfide) groups is 2. The van der Waals surface area contributed by atoms with E-state index in [0.29, 0.717) is 5.75 Å². The summed E-state index contributed by atoms with van der Waals surface area (Å²) in [4.78, 5) is 13.4. The topological polar surface area (TPSA) is 46.5 Å². The molecule has 0 saturated carbocycles. The van der Waals surface area contributed by atoms with Gasteiger partial charge in [0.25, 0.3) is 0 Å². The highest BCUT2D eigenvalue weighted by Crippen LogP contribution is 2.47. The van der Waals surface area contributed by atoms with Crippen molar-refractivity contribution in [2.45, 2.75) is 61.8 Å². The fraction of sp³-hybridized carbons (Fsp3) is 0.400. The van der Waals surface area contributed by atoms with E-state index in [2.05, 4.69) is 19.9 Å². The van der Waals surface area contributed by atoms with Crippen LogP contribution in [0.4, 0.5) is 13.2 Å². The van der Waals surface area contributed by atoms with E-state index in [0.717, 1.165) is 33.1 Å². The molecular formula is C25H27F3O3S2. The van der Waals surface area contributed by atoms with E-state index in [-0.39, 0.29) is 16.4 Å². The summed E-state index contributed by atoms with van der Waals surface area (Å²) in [5.41, 5.74) is -0.295. The number of carboxylic acids is 1. The van der Waals surface area contributed by atoms with Crippen LogP contribution in [0.2, 0.25) is 0 Å². The smallest absolute Gasteiger partial charge is 0.416 e. The minimum absolute atomic E-state index is 0.245. The molecule has 1 aliphatic rings. The Labute approximate surface area is 200 Å². The standard InChI is InChI=1S/C25H27F3O3S2/c1-14-12-19(10-11-20(14)31-24(4,5)23(29)30)32-16(3)22-15(2)13-21(33-22)17-6-8-18(9-7-17)25(26,27)28/h6-13,15-16,22H,1-5H3,(H,29,30). The Bertz CT molecular complexity index is 1050. The van der Waals surface area contributed by atoms with Crippen LogP contribution in [0.3, 0.4) is 0 Å². The Hall–Kier alpha value is -2.06. The molecule has 1 N–H and O–H groups in total. The summed E-state index contributed by atoms with van der Waals surface area (Å²) in [6, 6.07) is 11.0. The van der Waals surface area contributed by atoms with Crippen molar-refractivity contribution < 1.29 is 27.8 Å². The molecule has 0 saturated heterocycles. The minimum atomic E-state index is -4.33. The van der Waals surface area contributed by atoms with Crippen molar-refractivity contribution in [1.82, 2.24) is 0 Å². The Morgan fingerprint density at radius 3 is 2.33 bits per heavy atom. The summed E-state index contributed by atoms with van der Waals surface area (Å²) in [7, 11) is 0. The molecule has 0 aromatic heterocycles. The lowest BCUT2D eigenvalue weighted by Crippen LogP contribution is -2.38. The number of halogens is 3. The molecule has 2 aromatic rings. The van der Waals surface area contributed by atoms with Gasteiger partial charge in [-0.1, -0.05) is 32.1 Å². The lowest BCUT2D eigenvalue weighted by Gasteiger charge is -2.24. The summed E-state index contributed by atoms with van der Waals surface area (Å²) in [5, 5.41) is 9.80. The van der Waals surface area contributed by atoms with Gasteiger partial charge in [0.1, 0.15) is 5.75 Å². The average molecular weight is 497 g/mol. The molecule has 1 heterocycles. The van der Waals surface area contributed by atoms with Crippen LogP contribution < -0.4 is 4.74 Å². The Kier molecular flexibility index (Phi) is 7.49. The first kappa shape index (κ1) is 25.6. The van der Waals surface area contributed by atoms with E-state index in [4.69, 9.17) is 4.74 Å². The highest BCUT2D eigenvalue weighted by molar-refractivity contribution is 8.10. The molecule has 3 nitrogen and oxygen atoms in total. The number of allylic oxidation sites excluding steroid dienone is 1. The maximum Gasteiger partial charge on any atom is 0.416 e. The van der Waals surface area contributed by atoms with Crippen molar-refractivity contribution in [1.29, 1.82) is 0 Å². The van der Waals surface area contributed by atoms with Gasteiger partial charge in [0.2, 0.25) is 0 Å². The van der Waals surface area contributed by atoms with Gasteiger partial charge in [-0.25, -0.2) is 4.79 Å². The fourth-order valence-corrected chi connectivity index (χ4v) is 6.43. The number of hydrogen-bond acceptors (Lipinski definition) is 4. The van der Waals surface area contributed by atoms with Crippen molar-refractivity contribution in [2.24, 2.45) is 5.92 Å². The minimum Gasteiger partial charge on any atom is -0.478 e. The molecule has 3 unspecified atom stereocenters. The first-order valence-corrected chi connectivity index (χ1v) is 12.3. The number of hydrogen-bond donors (Lipinski definition) is 1. The molecule has 0 fully saturated rings. The highest BCUT2D eigenvalue weighted by atomic mass is 32.2. The van der Waals surface area contributed by atoms with Crippen LogP contribution in [-0.4, -0.2) is 27.2 Å². The molecule has 0 amide bonds. The molecular weight excluding hydrogens is 469 g/mol. The highest BCUT2D eigenvalue weighted by Gasteiger charge is 2.33. The van der Waals surface area contributed by atoms with Gasteiger partial charge in [-0.3, -0.25) is 0 Å². The largest absolute Gasteiger partial charge is 0.478 e. The molecule has 0 spiro atoms. The van der Waals surface area contributed by atoms with Crippen LogP contribution in [0.15, 0.2) is 53.4 Å². The molecule has 178 valence electrons. The van der Waals surface area contributed by atoms with Gasteiger partial charge in [-0.2, -0.15) is 13.2 Å². The second kappa shape index (κ2) is 9.66. The van der Waals surface area contributed by atoms with Gasteiger partial charge >= 0.3 is 12.1 Å². The Morgan fingerprint density at radius 2 is 1.79 bits per heavy atom. The third kappa shape index (κ3) is 6.09. The van der Waals surface area contributed by atoms with Crippen LogP contribution in [0.25, 0.3) is 4.91 Å². The monoisotopic (exact) mass is 496 g/mol. The quantitative estimate of drug-likeness (QED) is 0.402. The number of aryl methyl sites for hydroxylation is 1. The predicted octanol–water partition coefficient (Wildman–Crippen LogP) is 7.53. The fourth-order valence-electron chi connectivity index (χ4n) is 3.55. The summed E-state index contributed by atoms with van der Waals surface area (Å²) >= 11 is 3.42. The number of rotatable bonds is 7. The number of aliphatic carboxylic acids is 1. The molecule has 3 atom stereocenters. The van der Waals surface area contributed by atoms with E-state index in [1.165, 1.54) is 26.0 Å². The zero-order chi connectivity index (χ0) is 24.6. The van der Waals surface area contributed by atoms with E-state index < -0.39 is 23.3 Å². The first-order valence-electron chi connectivity index (χ1n) is 10.5. The SMILES string of the molecule is Cc1cc(SC(C)C2SC(c3ccc(C(F)(F)F)cc3)=CC2C)ccc1OC(C)(C)C(=O)O. The van der Waals surface area contributed by atoms with E-state index in [1.807, 2.05) is 19.1 Å². The summed E-state index contributed by atoms with van der Waals surface area (Å²) in [6.07, 6.45) is -2.20. The van der Waals surface area contributed by atoms with E-state index in [9.17, 15) is 23.1 Å². The van der Waals surface area contributed by atoms with Crippen molar-refractivity contribution in [2.75, 3.05) is 0 Å². The predicted molar refractivity (Wildman–Crippen MR) is 129 cm³/mol. The van der Waals surface area contributed by atoms with Crippen LogP contribution in [0.5, 0.6) is 5.75 Å². The lowest BCUT2D eigenvalue weighted by molar-refractivity contribution is -0.152.